The first-order chi connectivity index (χ1) is 6.59. The number of allylic oxidation sites excluding steroid dienone is 1. The van der Waals surface area contributed by atoms with Crippen molar-refractivity contribution >= 4 is 4.23 Å². The van der Waals surface area contributed by atoms with Gasteiger partial charge in [0, 0.05) is 130 Å². The average Bonchev–Trinajstić information content (AvgIpc) is 2.18. The SMILES string of the molecule is C[CH-]C.[CH-]=CC#C[C](=[V])C(C)C.[V].[V].[V].[V].[V].[V].[V].[V]=[V]. The molecule has 0 aliphatic carbocycles. The van der Waals surface area contributed by atoms with Crippen LogP contribution < -0.4 is 0 Å². The maximum atomic E-state index is 5.06. The van der Waals surface area contributed by atoms with Crippen molar-refractivity contribution in [2.45, 2.75) is 27.7 Å². The second-order valence-corrected chi connectivity index (χ2v) is 3.31. The van der Waals surface area contributed by atoms with Crippen molar-refractivity contribution in [1.29, 1.82) is 0 Å². The van der Waals surface area contributed by atoms with Crippen LogP contribution >= 0.6 is 0 Å². The third kappa shape index (κ3) is 78.2. The molecule has 0 nitrogen and oxygen atoms in total. The minimum atomic E-state index is 0. The standard InChI is InChI=1S/C8H9.C3H7.10V/c1-4-5-6-7-8(2)3;1-3-2;;;;;;;;;;/h1,4,8H,2-3H3;3H,1-2H3;;;;;;;;;;/q2*-1;;;;;;;;;;. The molecule has 0 saturated heterocycles. The zero-order valence-electron chi connectivity index (χ0n) is 12.3. The van der Waals surface area contributed by atoms with Gasteiger partial charge in [-0.15, -0.1) is 0 Å². The summed E-state index contributed by atoms with van der Waals surface area (Å²) < 4.78 is 1.12. The summed E-state index contributed by atoms with van der Waals surface area (Å²) in [4.78, 5) is 0. The summed E-state index contributed by atoms with van der Waals surface area (Å²) in [5.74, 6) is 6.08. The zero-order chi connectivity index (χ0) is 12.0. The summed E-state index contributed by atoms with van der Waals surface area (Å²) in [6.07, 6.45) is 3.36. The van der Waals surface area contributed by atoms with E-state index in [1.54, 1.807) is 0 Å². The van der Waals surface area contributed by atoms with E-state index >= 15 is 0 Å². The fraction of sp³-hybridized carbons (Fsp3) is 0.455. The van der Waals surface area contributed by atoms with Gasteiger partial charge in [0.25, 0.3) is 0 Å². The van der Waals surface area contributed by atoms with Crippen LogP contribution in [0.3, 0.4) is 0 Å². The van der Waals surface area contributed by atoms with Gasteiger partial charge in [0.05, 0.1) is 0 Å². The summed E-state index contributed by atoms with van der Waals surface area (Å²) in [5, 5.41) is 0. The van der Waals surface area contributed by atoms with E-state index in [0.717, 1.165) is 4.23 Å². The molecule has 0 amide bonds. The molecule has 0 saturated carbocycles. The van der Waals surface area contributed by atoms with Crippen molar-refractivity contribution in [3.63, 3.8) is 0 Å². The van der Waals surface area contributed by atoms with E-state index in [2.05, 4.69) is 71.9 Å². The predicted molar refractivity (Wildman–Crippen MR) is 52.1 cm³/mol. The molecule has 112 valence electrons. The van der Waals surface area contributed by atoms with Crippen LogP contribution in [0.25, 0.3) is 0 Å². The van der Waals surface area contributed by atoms with E-state index in [1.807, 2.05) is 20.3 Å². The van der Waals surface area contributed by atoms with Crippen LogP contribution in [0.4, 0.5) is 0 Å². The number of hydrogen-bond acceptors (Lipinski definition) is 0. The van der Waals surface area contributed by atoms with Gasteiger partial charge in [-0.25, -0.2) is 0 Å². The Balaban J connectivity index is -0.0000000114. The van der Waals surface area contributed by atoms with Gasteiger partial charge in [0.1, 0.15) is 0 Å². The third-order valence-electron chi connectivity index (χ3n) is 0.830. The fourth-order valence-electron chi connectivity index (χ4n) is 0.260. The van der Waals surface area contributed by atoms with Gasteiger partial charge in [-0.1, -0.05) is 0 Å². The second-order valence-electron chi connectivity index (χ2n) is 2.55. The predicted octanol–water partition coefficient (Wildman–Crippen LogP) is 2.56. The van der Waals surface area contributed by atoms with E-state index in [4.69, 9.17) is 6.58 Å². The van der Waals surface area contributed by atoms with Gasteiger partial charge in [-0.3, -0.25) is 0 Å². The van der Waals surface area contributed by atoms with E-state index in [9.17, 15) is 0 Å². The van der Waals surface area contributed by atoms with Crippen LogP contribution in [-0.2, 0) is 176 Å². The first-order valence-corrected chi connectivity index (χ1v) is 8.04. The third-order valence-corrected chi connectivity index (χ3v) is 1.81. The topological polar surface area (TPSA) is 0 Å². The Kier molecular flexibility index (Phi) is 193. The van der Waals surface area contributed by atoms with Crippen molar-refractivity contribution in [1.82, 2.24) is 0 Å². The van der Waals surface area contributed by atoms with Gasteiger partial charge in [0.2, 0.25) is 0 Å². The monoisotopic (exact) mass is 658 g/mol. The average molecular weight is 658 g/mol. The second kappa shape index (κ2) is 64.0. The molecule has 0 aromatic rings. The molecule has 7 radical (unpaired) electrons. The van der Waals surface area contributed by atoms with Gasteiger partial charge in [-0.05, 0) is 0 Å². The number of hydrogen-bond donors (Lipinski definition) is 0. The van der Waals surface area contributed by atoms with Crippen LogP contribution in [0, 0.1) is 30.8 Å². The van der Waals surface area contributed by atoms with E-state index < -0.39 is 0 Å². The van der Waals surface area contributed by atoms with Crippen molar-refractivity contribution in [3.05, 3.63) is 19.1 Å². The first kappa shape index (κ1) is 63.5. The molecular weight excluding hydrogens is 642 g/mol. The van der Waals surface area contributed by atoms with Crippen molar-refractivity contribution in [2.75, 3.05) is 0 Å². The van der Waals surface area contributed by atoms with Crippen LogP contribution in [-0.4, -0.2) is 4.23 Å². The molecule has 0 heterocycles. The molecule has 0 atom stereocenters. The zero-order valence-corrected chi connectivity index (χ0v) is 26.2. The quantitative estimate of drug-likeness (QED) is 0.301. The molecular formula is C11H16V10-2. The Labute approximate surface area is 240 Å². The molecule has 0 N–H and O–H groups in total. The Morgan fingerprint density at radius 1 is 0.952 bits per heavy atom. The van der Waals surface area contributed by atoms with Crippen LogP contribution in [0.1, 0.15) is 27.7 Å². The molecule has 0 aliphatic heterocycles. The van der Waals surface area contributed by atoms with Crippen molar-refractivity contribution < 1.29 is 176 Å². The molecule has 0 bridgehead atoms. The maximum absolute atomic E-state index is 5.06. The molecule has 0 fully saturated rings. The number of rotatable bonds is 1. The van der Waals surface area contributed by atoms with Crippen LogP contribution in [0.5, 0.6) is 0 Å². The Morgan fingerprint density at radius 3 is 1.33 bits per heavy atom. The van der Waals surface area contributed by atoms with Gasteiger partial charge in [-0.2, -0.15) is 13.8 Å². The Hall–Kier alpha value is 5.01. The van der Waals surface area contributed by atoms with E-state index in [-0.39, 0.29) is 130 Å². The molecule has 0 rings (SSSR count). The van der Waals surface area contributed by atoms with Crippen LogP contribution in [0.2, 0.25) is 0 Å². The van der Waals surface area contributed by atoms with Crippen LogP contribution in [0.15, 0.2) is 6.08 Å². The van der Waals surface area contributed by atoms with E-state index in [0.29, 0.717) is 5.92 Å². The molecule has 0 aliphatic rings. The summed E-state index contributed by atoms with van der Waals surface area (Å²) in [7, 11) is 0. The Morgan fingerprint density at radius 2 is 1.19 bits per heavy atom. The molecule has 0 spiro atoms. The van der Waals surface area contributed by atoms with Gasteiger partial charge >= 0.3 is 94.7 Å². The van der Waals surface area contributed by atoms with Gasteiger partial charge in [0.15, 0.2) is 0 Å². The van der Waals surface area contributed by atoms with Crippen molar-refractivity contribution in [2.24, 2.45) is 5.92 Å². The molecule has 21 heavy (non-hydrogen) atoms. The molecule has 0 aromatic carbocycles. The molecule has 10 heteroatoms. The first-order valence-electron chi connectivity index (χ1n) is 4.14. The van der Waals surface area contributed by atoms with E-state index in [1.165, 1.54) is 6.08 Å². The summed E-state index contributed by atoms with van der Waals surface area (Å²) in [5.41, 5.74) is 0. The summed E-state index contributed by atoms with van der Waals surface area (Å²) in [6, 6.07) is 0. The summed E-state index contributed by atoms with van der Waals surface area (Å²) in [6.45, 7) is 13.3. The normalized spacial score (nSPS) is 4.29. The summed E-state index contributed by atoms with van der Waals surface area (Å²) >= 11 is 6.95. The minimum absolute atomic E-state index is 0. The molecule has 0 aromatic heterocycles. The van der Waals surface area contributed by atoms with Gasteiger partial charge < -0.3 is 6.42 Å². The Bertz CT molecular complexity index is 207. The fourth-order valence-corrected chi connectivity index (χ4v) is 0.361. The van der Waals surface area contributed by atoms with Crippen molar-refractivity contribution in [3.8, 4) is 11.8 Å². The molecule has 0 unspecified atom stereocenters.